The number of urea groups is 1. The molecule has 148 valence electrons. The van der Waals surface area contributed by atoms with E-state index >= 15 is 0 Å². The van der Waals surface area contributed by atoms with E-state index in [1.165, 1.54) is 4.90 Å². The van der Waals surface area contributed by atoms with Gasteiger partial charge < -0.3 is 10.2 Å². The number of nitrogens with zero attached hydrogens (tertiary/aromatic N) is 3. The number of halogens is 3. The van der Waals surface area contributed by atoms with Crippen molar-refractivity contribution >= 4 is 35.1 Å². The average Bonchev–Trinajstić information content (AvgIpc) is 3.19. The number of anilines is 2. The molecule has 0 unspecified atom stereocenters. The third-order valence-electron chi connectivity index (χ3n) is 5.07. The molecule has 3 aliphatic rings. The first-order chi connectivity index (χ1) is 13.2. The maximum Gasteiger partial charge on any atom is 0.416 e. The van der Waals surface area contributed by atoms with Gasteiger partial charge in [-0.2, -0.15) is 13.2 Å². The zero-order valence-corrected chi connectivity index (χ0v) is 14.5. The Morgan fingerprint density at radius 2 is 1.96 bits per heavy atom. The van der Waals surface area contributed by atoms with E-state index in [0.29, 0.717) is 19.4 Å². The molecule has 0 aliphatic carbocycles. The van der Waals surface area contributed by atoms with Gasteiger partial charge in [-0.1, -0.05) is 0 Å². The standard InChI is InChI=1S/C17H15F3N4O4/c18-17(19,20)9-3-4-11-10(6-9)21-13(25)7-23(11)14(26)8-24-15(27)12-2-1-5-22(12)16(24)28/h3-4,6,12H,1-2,5,7-8H2,(H,21,25)/t12-/m1/s1. The van der Waals surface area contributed by atoms with E-state index in [1.807, 2.05) is 0 Å². The normalized spacial score (nSPS) is 21.8. The number of nitrogens with one attached hydrogen (secondary N) is 1. The highest BCUT2D eigenvalue weighted by atomic mass is 19.4. The molecular weight excluding hydrogens is 381 g/mol. The van der Waals surface area contributed by atoms with Crippen LogP contribution < -0.4 is 10.2 Å². The molecule has 0 radical (unpaired) electrons. The Hall–Kier alpha value is -3.11. The number of fused-ring (bicyclic) bond motifs is 2. The van der Waals surface area contributed by atoms with Crippen LogP contribution in [0.1, 0.15) is 18.4 Å². The summed E-state index contributed by atoms with van der Waals surface area (Å²) >= 11 is 0. The second kappa shape index (κ2) is 6.21. The van der Waals surface area contributed by atoms with Gasteiger partial charge in [-0.15, -0.1) is 0 Å². The highest BCUT2D eigenvalue weighted by Gasteiger charge is 2.48. The summed E-state index contributed by atoms with van der Waals surface area (Å²) < 4.78 is 38.7. The molecule has 3 heterocycles. The molecule has 1 aromatic carbocycles. The minimum Gasteiger partial charge on any atom is -0.323 e. The summed E-state index contributed by atoms with van der Waals surface area (Å²) in [7, 11) is 0. The van der Waals surface area contributed by atoms with Crippen molar-refractivity contribution in [3.05, 3.63) is 23.8 Å². The van der Waals surface area contributed by atoms with Crippen LogP contribution in [-0.2, 0) is 20.6 Å². The fourth-order valence-corrected chi connectivity index (χ4v) is 3.74. The topological polar surface area (TPSA) is 90.0 Å². The lowest BCUT2D eigenvalue weighted by Gasteiger charge is -2.30. The van der Waals surface area contributed by atoms with Gasteiger partial charge in [0.25, 0.3) is 5.91 Å². The predicted molar refractivity (Wildman–Crippen MR) is 89.3 cm³/mol. The molecule has 2 fully saturated rings. The van der Waals surface area contributed by atoms with Gasteiger partial charge in [0.15, 0.2) is 0 Å². The van der Waals surface area contributed by atoms with Crippen LogP contribution in [0, 0.1) is 0 Å². The van der Waals surface area contributed by atoms with Crippen LogP contribution in [0.15, 0.2) is 18.2 Å². The number of benzene rings is 1. The Morgan fingerprint density at radius 1 is 1.21 bits per heavy atom. The van der Waals surface area contributed by atoms with Crippen molar-refractivity contribution < 1.29 is 32.3 Å². The fraction of sp³-hybridized carbons (Fsp3) is 0.412. The lowest BCUT2D eigenvalue weighted by Crippen LogP contribution is -2.48. The fourth-order valence-electron chi connectivity index (χ4n) is 3.74. The number of carbonyl (C=O) groups is 4. The second-order valence-corrected chi connectivity index (χ2v) is 6.82. The SMILES string of the molecule is O=C1CN(C(=O)CN2C(=O)[C@H]3CCCN3C2=O)c2ccc(C(F)(F)F)cc2N1. The van der Waals surface area contributed by atoms with Crippen molar-refractivity contribution in [3.8, 4) is 0 Å². The quantitative estimate of drug-likeness (QED) is 0.766. The average molecular weight is 396 g/mol. The van der Waals surface area contributed by atoms with E-state index in [0.717, 1.165) is 28.0 Å². The number of amides is 5. The van der Waals surface area contributed by atoms with E-state index < -0.39 is 54.6 Å². The Morgan fingerprint density at radius 3 is 2.64 bits per heavy atom. The monoisotopic (exact) mass is 396 g/mol. The summed E-state index contributed by atoms with van der Waals surface area (Å²) in [5, 5.41) is 2.31. The van der Waals surface area contributed by atoms with Gasteiger partial charge in [0.1, 0.15) is 19.1 Å². The molecular formula is C17H15F3N4O4. The van der Waals surface area contributed by atoms with Gasteiger partial charge in [0, 0.05) is 6.54 Å². The predicted octanol–water partition coefficient (Wildman–Crippen LogP) is 1.42. The van der Waals surface area contributed by atoms with Gasteiger partial charge in [-0.25, -0.2) is 4.79 Å². The van der Waals surface area contributed by atoms with Gasteiger partial charge in [-0.05, 0) is 31.0 Å². The number of carbonyl (C=O) groups excluding carboxylic acids is 4. The number of alkyl halides is 3. The van der Waals surface area contributed by atoms with Crippen LogP contribution >= 0.6 is 0 Å². The summed E-state index contributed by atoms with van der Waals surface area (Å²) in [6, 6.07) is 1.51. The van der Waals surface area contributed by atoms with Crippen LogP contribution in [0.25, 0.3) is 0 Å². The largest absolute Gasteiger partial charge is 0.416 e. The molecule has 0 spiro atoms. The van der Waals surface area contributed by atoms with Crippen LogP contribution in [0.4, 0.5) is 29.3 Å². The Balaban J connectivity index is 1.58. The third-order valence-corrected chi connectivity index (χ3v) is 5.07. The molecule has 1 atom stereocenters. The molecule has 3 aliphatic heterocycles. The first-order valence-corrected chi connectivity index (χ1v) is 8.60. The molecule has 0 saturated carbocycles. The molecule has 28 heavy (non-hydrogen) atoms. The lowest BCUT2D eigenvalue weighted by molar-refractivity contribution is -0.137. The highest BCUT2D eigenvalue weighted by molar-refractivity contribution is 6.13. The molecule has 0 bridgehead atoms. The molecule has 4 rings (SSSR count). The number of hydrogen-bond acceptors (Lipinski definition) is 4. The van der Waals surface area contributed by atoms with Gasteiger partial charge in [0.2, 0.25) is 11.8 Å². The smallest absolute Gasteiger partial charge is 0.323 e. The van der Waals surface area contributed by atoms with Crippen molar-refractivity contribution in [2.45, 2.75) is 25.1 Å². The summed E-state index contributed by atoms with van der Waals surface area (Å²) in [5.74, 6) is -1.86. The lowest BCUT2D eigenvalue weighted by atomic mass is 10.1. The van der Waals surface area contributed by atoms with Gasteiger partial charge >= 0.3 is 12.2 Å². The molecule has 1 N–H and O–H groups in total. The van der Waals surface area contributed by atoms with E-state index in [9.17, 15) is 32.3 Å². The Bertz CT molecular complexity index is 879. The maximum absolute atomic E-state index is 12.9. The van der Waals surface area contributed by atoms with Crippen molar-refractivity contribution in [1.29, 1.82) is 0 Å². The Labute approximate surface area is 156 Å². The van der Waals surface area contributed by atoms with E-state index in [-0.39, 0.29) is 11.4 Å². The van der Waals surface area contributed by atoms with Gasteiger partial charge in [-0.3, -0.25) is 24.2 Å². The number of rotatable bonds is 2. The van der Waals surface area contributed by atoms with E-state index in [2.05, 4.69) is 5.32 Å². The number of hydrogen-bond donors (Lipinski definition) is 1. The highest BCUT2D eigenvalue weighted by Crippen LogP contribution is 2.37. The zero-order chi connectivity index (χ0) is 20.2. The third kappa shape index (κ3) is 2.86. The summed E-state index contributed by atoms with van der Waals surface area (Å²) in [6.45, 7) is -0.548. The minimum atomic E-state index is -4.60. The van der Waals surface area contributed by atoms with Crippen LogP contribution in [0.3, 0.4) is 0 Å². The molecule has 5 amide bonds. The summed E-state index contributed by atoms with van der Waals surface area (Å²) in [6.07, 6.45) is -3.36. The van der Waals surface area contributed by atoms with Crippen molar-refractivity contribution in [2.24, 2.45) is 0 Å². The first-order valence-electron chi connectivity index (χ1n) is 8.60. The molecule has 0 aromatic heterocycles. The summed E-state index contributed by atoms with van der Waals surface area (Å²) in [4.78, 5) is 52.5. The molecule has 1 aromatic rings. The molecule has 8 nitrogen and oxygen atoms in total. The molecule has 11 heteroatoms. The first kappa shape index (κ1) is 18.3. The van der Waals surface area contributed by atoms with Crippen LogP contribution in [0.5, 0.6) is 0 Å². The van der Waals surface area contributed by atoms with Crippen LogP contribution in [0.2, 0.25) is 0 Å². The van der Waals surface area contributed by atoms with Crippen molar-refractivity contribution in [1.82, 2.24) is 9.80 Å². The Kier molecular flexibility index (Phi) is 4.05. The van der Waals surface area contributed by atoms with Crippen molar-refractivity contribution in [2.75, 3.05) is 29.9 Å². The minimum absolute atomic E-state index is 0.0807. The van der Waals surface area contributed by atoms with E-state index in [1.54, 1.807) is 0 Å². The maximum atomic E-state index is 12.9. The molecule has 2 saturated heterocycles. The van der Waals surface area contributed by atoms with Crippen molar-refractivity contribution in [3.63, 3.8) is 0 Å². The second-order valence-electron chi connectivity index (χ2n) is 6.82. The number of imide groups is 1. The summed E-state index contributed by atoms with van der Waals surface area (Å²) in [5.41, 5.74) is -1.04. The van der Waals surface area contributed by atoms with Crippen LogP contribution in [-0.4, -0.2) is 59.2 Å². The zero-order valence-electron chi connectivity index (χ0n) is 14.5. The van der Waals surface area contributed by atoms with Gasteiger partial charge in [0.05, 0.1) is 16.9 Å². The van der Waals surface area contributed by atoms with E-state index in [4.69, 9.17) is 0 Å².